The molecule has 29 heavy (non-hydrogen) atoms. The Morgan fingerprint density at radius 1 is 0.931 bits per heavy atom. The first-order chi connectivity index (χ1) is 13.7. The molecule has 0 atom stereocenters. The number of fused-ring (bicyclic) bond motifs is 1. The van der Waals surface area contributed by atoms with E-state index in [1.54, 1.807) is 6.33 Å². The van der Waals surface area contributed by atoms with Crippen LogP contribution in [-0.4, -0.2) is 19.7 Å². The van der Waals surface area contributed by atoms with Crippen LogP contribution in [0, 0.1) is 19.9 Å². The Kier molecular flexibility index (Phi) is 5.14. The number of hydrogen-bond donors (Lipinski definition) is 0. The molecule has 0 N–H and O–H groups in total. The van der Waals surface area contributed by atoms with Gasteiger partial charge in [0.25, 0.3) is 0 Å². The molecule has 0 amide bonds. The van der Waals surface area contributed by atoms with E-state index >= 15 is 0 Å². The van der Waals surface area contributed by atoms with Crippen LogP contribution >= 0.6 is 0 Å². The van der Waals surface area contributed by atoms with Gasteiger partial charge < -0.3 is 4.42 Å². The molecule has 0 aliphatic heterocycles. The zero-order valence-corrected chi connectivity index (χ0v) is 18.3. The molecule has 5 rings (SSSR count). The summed E-state index contributed by atoms with van der Waals surface area (Å²) in [6.07, 6.45) is 1.56. The predicted molar refractivity (Wildman–Crippen MR) is 108 cm³/mol. The number of para-hydroxylation sites is 1. The maximum absolute atomic E-state index is 6.00. The topological polar surface area (TPSA) is 56.7 Å². The van der Waals surface area contributed by atoms with E-state index in [2.05, 4.69) is 42.1 Å². The molecule has 5 aromatic rings. The van der Waals surface area contributed by atoms with Crippen molar-refractivity contribution in [2.45, 2.75) is 13.8 Å². The van der Waals surface area contributed by atoms with Crippen LogP contribution in [0.1, 0.15) is 11.1 Å². The van der Waals surface area contributed by atoms with Gasteiger partial charge in [0.2, 0.25) is 5.89 Å². The molecule has 0 fully saturated rings. The van der Waals surface area contributed by atoms with Crippen LogP contribution in [-0.2, 0) is 20.1 Å². The average Bonchev–Trinajstić information content (AvgIpc) is 3.35. The van der Waals surface area contributed by atoms with Crippen LogP contribution in [0.25, 0.3) is 39.6 Å². The molecular formula is C23H17IrN4O-. The third-order valence-corrected chi connectivity index (χ3v) is 4.80. The van der Waals surface area contributed by atoms with Crippen molar-refractivity contribution >= 4 is 11.1 Å². The molecule has 1 radical (unpaired) electrons. The van der Waals surface area contributed by atoms with E-state index in [0.29, 0.717) is 17.3 Å². The number of benzene rings is 3. The van der Waals surface area contributed by atoms with E-state index in [9.17, 15) is 0 Å². The third kappa shape index (κ3) is 3.31. The molecule has 5 nitrogen and oxygen atoms in total. The largest absolute Gasteiger partial charge is 0.457 e. The van der Waals surface area contributed by atoms with E-state index in [1.165, 1.54) is 0 Å². The van der Waals surface area contributed by atoms with E-state index in [-0.39, 0.29) is 20.1 Å². The molecule has 2 heterocycles. The number of aryl methyl sites for hydroxylation is 2. The number of hydrogen-bond acceptors (Lipinski definition) is 4. The summed E-state index contributed by atoms with van der Waals surface area (Å²) in [7, 11) is 0. The molecule has 2 aromatic heterocycles. The van der Waals surface area contributed by atoms with Crippen LogP contribution in [0.3, 0.4) is 0 Å². The molecule has 6 heteroatoms. The zero-order chi connectivity index (χ0) is 19.1. The molecule has 0 aliphatic carbocycles. The Morgan fingerprint density at radius 3 is 2.45 bits per heavy atom. The monoisotopic (exact) mass is 558 g/mol. The summed E-state index contributed by atoms with van der Waals surface area (Å²) in [4.78, 5) is 9.26. The van der Waals surface area contributed by atoms with Crippen LogP contribution in [0.5, 0.6) is 0 Å². The molecule has 3 aromatic carbocycles. The van der Waals surface area contributed by atoms with E-state index in [1.807, 2.05) is 53.2 Å². The first kappa shape index (κ1) is 19.2. The van der Waals surface area contributed by atoms with E-state index < -0.39 is 0 Å². The second-order valence-electron chi connectivity index (χ2n) is 6.69. The van der Waals surface area contributed by atoms with Crippen molar-refractivity contribution in [2.24, 2.45) is 0 Å². The van der Waals surface area contributed by atoms with Crippen molar-refractivity contribution < 1.29 is 24.5 Å². The van der Waals surface area contributed by atoms with Crippen LogP contribution in [0.15, 0.2) is 71.4 Å². The third-order valence-electron chi connectivity index (χ3n) is 4.80. The Balaban J connectivity index is 0.00000205. The van der Waals surface area contributed by atoms with Crippen molar-refractivity contribution in [2.75, 3.05) is 0 Å². The summed E-state index contributed by atoms with van der Waals surface area (Å²) >= 11 is 0. The predicted octanol–water partition coefficient (Wildman–Crippen LogP) is 5.16. The number of aromatic nitrogens is 4. The van der Waals surface area contributed by atoms with Gasteiger partial charge in [0.1, 0.15) is 6.33 Å². The standard InChI is InChI=1S/C23H17N4O.Ir/c1-15-8-6-9-16(2)21(15)27-22(24-14-25-27)18-12-7-13-19-20(18)26-23(28-19)17-10-4-3-5-11-17;/h3-11,13-14H,1-2H3;/q-1;. The summed E-state index contributed by atoms with van der Waals surface area (Å²) in [5, 5.41) is 4.48. The van der Waals surface area contributed by atoms with Gasteiger partial charge in [0.05, 0.1) is 17.1 Å². The SMILES string of the molecule is Cc1cccc(C)c1-n1ncnc1-c1[c-]ccc2oc(-c3ccccc3)nc12.[Ir]. The maximum atomic E-state index is 6.00. The van der Waals surface area contributed by atoms with Crippen LogP contribution < -0.4 is 0 Å². The van der Waals surface area contributed by atoms with E-state index in [4.69, 9.17) is 9.40 Å². The van der Waals surface area contributed by atoms with Crippen molar-refractivity contribution in [3.8, 4) is 28.5 Å². The van der Waals surface area contributed by atoms with Gasteiger partial charge in [0, 0.05) is 31.2 Å². The molecule has 0 spiro atoms. The van der Waals surface area contributed by atoms with Crippen molar-refractivity contribution in [3.63, 3.8) is 0 Å². The smallest absolute Gasteiger partial charge is 0.215 e. The molecule has 0 saturated heterocycles. The van der Waals surface area contributed by atoms with Gasteiger partial charge in [-0.1, -0.05) is 48.0 Å². The number of nitrogens with zero attached hydrogens (tertiary/aromatic N) is 4. The van der Waals surface area contributed by atoms with E-state index in [0.717, 1.165) is 33.5 Å². The minimum Gasteiger partial charge on any atom is -0.457 e. The number of rotatable bonds is 3. The van der Waals surface area contributed by atoms with Gasteiger partial charge in [-0.3, -0.25) is 14.6 Å². The Bertz CT molecular complexity index is 1270. The average molecular weight is 558 g/mol. The summed E-state index contributed by atoms with van der Waals surface area (Å²) in [5.74, 6) is 1.27. The van der Waals surface area contributed by atoms with Gasteiger partial charge >= 0.3 is 0 Å². The fourth-order valence-electron chi connectivity index (χ4n) is 3.48. The molecule has 0 bridgehead atoms. The van der Waals surface area contributed by atoms with Gasteiger partial charge in [0.15, 0.2) is 0 Å². The fraction of sp³-hybridized carbons (Fsp3) is 0.0870. The van der Waals surface area contributed by atoms with Gasteiger partial charge in [-0.05, 0) is 37.1 Å². The fourth-order valence-corrected chi connectivity index (χ4v) is 3.48. The number of oxazole rings is 1. The maximum Gasteiger partial charge on any atom is 0.215 e. The summed E-state index contributed by atoms with van der Waals surface area (Å²) < 4.78 is 7.85. The Morgan fingerprint density at radius 2 is 1.69 bits per heavy atom. The molecule has 0 aliphatic rings. The quantitative estimate of drug-likeness (QED) is 0.288. The van der Waals surface area contributed by atoms with Crippen molar-refractivity contribution in [1.82, 2.24) is 19.7 Å². The van der Waals surface area contributed by atoms with Crippen molar-refractivity contribution in [1.29, 1.82) is 0 Å². The molecule has 0 unspecified atom stereocenters. The first-order valence-electron chi connectivity index (χ1n) is 9.06. The second kappa shape index (κ2) is 7.74. The second-order valence-corrected chi connectivity index (χ2v) is 6.69. The molecular weight excluding hydrogens is 540 g/mol. The van der Waals surface area contributed by atoms with Gasteiger partial charge in [-0.2, -0.15) is 5.10 Å². The molecule has 0 saturated carbocycles. The minimum absolute atomic E-state index is 0. The Hall–Kier alpha value is -3.08. The molecule has 145 valence electrons. The first-order valence-corrected chi connectivity index (χ1v) is 9.06. The zero-order valence-electron chi connectivity index (χ0n) is 15.9. The normalized spacial score (nSPS) is 10.8. The summed E-state index contributed by atoms with van der Waals surface area (Å²) in [6.45, 7) is 4.14. The summed E-state index contributed by atoms with van der Waals surface area (Å²) in [6, 6.07) is 23.0. The Labute approximate surface area is 181 Å². The summed E-state index contributed by atoms with van der Waals surface area (Å²) in [5.41, 5.74) is 6.40. The van der Waals surface area contributed by atoms with Gasteiger partial charge in [-0.15, -0.1) is 12.1 Å². The van der Waals surface area contributed by atoms with Crippen molar-refractivity contribution in [3.05, 3.63) is 84.2 Å². The van der Waals surface area contributed by atoms with Crippen LogP contribution in [0.2, 0.25) is 0 Å². The van der Waals surface area contributed by atoms with Gasteiger partial charge in [-0.25, -0.2) is 0 Å². The minimum atomic E-state index is 0. The van der Waals surface area contributed by atoms with Crippen LogP contribution in [0.4, 0.5) is 0 Å².